The third-order valence-electron chi connectivity index (χ3n) is 5.19. The number of amides is 1. The summed E-state index contributed by atoms with van der Waals surface area (Å²) in [4.78, 5) is 19.0. The van der Waals surface area contributed by atoms with Gasteiger partial charge in [-0.15, -0.1) is 0 Å². The lowest BCUT2D eigenvalue weighted by Crippen LogP contribution is -2.39. The molecule has 1 atom stereocenters. The lowest BCUT2D eigenvalue weighted by Gasteiger charge is -2.23. The Kier molecular flexibility index (Phi) is 5.98. The molecule has 1 heterocycles. The number of hydrogen-bond donors (Lipinski definition) is 0. The van der Waals surface area contributed by atoms with Gasteiger partial charge in [-0.25, -0.2) is 0 Å². The second-order valence-electron chi connectivity index (χ2n) is 7.56. The third kappa shape index (κ3) is 4.58. The van der Waals surface area contributed by atoms with Crippen molar-refractivity contribution in [3.8, 4) is 17.1 Å². The van der Waals surface area contributed by atoms with Gasteiger partial charge in [0.1, 0.15) is 5.75 Å². The van der Waals surface area contributed by atoms with Gasteiger partial charge in [-0.1, -0.05) is 78.3 Å². The van der Waals surface area contributed by atoms with E-state index >= 15 is 0 Å². The van der Waals surface area contributed by atoms with Crippen molar-refractivity contribution >= 4 is 16.7 Å². The van der Waals surface area contributed by atoms with Gasteiger partial charge in [-0.05, 0) is 24.8 Å². The minimum Gasteiger partial charge on any atom is -0.480 e. The van der Waals surface area contributed by atoms with Gasteiger partial charge in [0.2, 0.25) is 11.7 Å². The second kappa shape index (κ2) is 9.00. The van der Waals surface area contributed by atoms with E-state index in [4.69, 9.17) is 9.26 Å². The van der Waals surface area contributed by atoms with Crippen LogP contribution in [-0.2, 0) is 11.3 Å². The highest BCUT2D eigenvalue weighted by Crippen LogP contribution is 2.27. The largest absolute Gasteiger partial charge is 0.480 e. The summed E-state index contributed by atoms with van der Waals surface area (Å²) in [6.45, 7) is 4.17. The van der Waals surface area contributed by atoms with Crippen molar-refractivity contribution in [3.05, 3.63) is 78.2 Å². The zero-order valence-corrected chi connectivity index (χ0v) is 17.9. The molecule has 3 aromatic carbocycles. The Hall–Kier alpha value is -3.67. The minimum absolute atomic E-state index is 0.134. The molecule has 0 saturated carbocycles. The van der Waals surface area contributed by atoms with Crippen LogP contribution in [0.2, 0.25) is 0 Å². The lowest BCUT2D eigenvalue weighted by molar-refractivity contribution is -0.138. The normalized spacial score (nSPS) is 12.0. The molecular weight excluding hydrogens is 390 g/mol. The van der Waals surface area contributed by atoms with Crippen LogP contribution in [0.3, 0.4) is 0 Å². The van der Waals surface area contributed by atoms with Crippen LogP contribution < -0.4 is 4.74 Å². The number of hydrogen-bond acceptors (Lipinski definition) is 5. The second-order valence-corrected chi connectivity index (χ2v) is 7.56. The summed E-state index contributed by atoms with van der Waals surface area (Å²) in [6, 6.07) is 21.7. The highest BCUT2D eigenvalue weighted by molar-refractivity contribution is 5.89. The Morgan fingerprint density at radius 1 is 1.06 bits per heavy atom. The Balaban J connectivity index is 1.46. The number of aromatic nitrogens is 2. The van der Waals surface area contributed by atoms with Gasteiger partial charge in [0.25, 0.3) is 5.91 Å². The molecule has 31 heavy (non-hydrogen) atoms. The van der Waals surface area contributed by atoms with Crippen molar-refractivity contribution in [1.29, 1.82) is 0 Å². The zero-order chi connectivity index (χ0) is 21.8. The first kappa shape index (κ1) is 20.6. The molecule has 1 amide bonds. The topological polar surface area (TPSA) is 68.5 Å². The van der Waals surface area contributed by atoms with Crippen molar-refractivity contribution in [2.75, 3.05) is 7.05 Å². The average Bonchev–Trinajstić information content (AvgIpc) is 3.26. The molecule has 0 bridgehead atoms. The molecule has 6 nitrogen and oxygen atoms in total. The fourth-order valence-corrected chi connectivity index (χ4v) is 3.43. The van der Waals surface area contributed by atoms with Crippen LogP contribution in [0.15, 0.2) is 71.3 Å². The van der Waals surface area contributed by atoms with Gasteiger partial charge >= 0.3 is 0 Å². The molecule has 0 N–H and O–H groups in total. The van der Waals surface area contributed by atoms with Gasteiger partial charge in [0.05, 0.1) is 6.54 Å². The predicted octanol–water partition coefficient (Wildman–Crippen LogP) is 5.01. The molecule has 6 heteroatoms. The van der Waals surface area contributed by atoms with Gasteiger partial charge in [0, 0.05) is 18.0 Å². The third-order valence-corrected chi connectivity index (χ3v) is 5.19. The van der Waals surface area contributed by atoms with Crippen molar-refractivity contribution in [2.45, 2.75) is 32.9 Å². The SMILES string of the molecule is CC[C@H](Oc1cccc2ccccc12)C(=O)N(C)Cc1nc(-c2ccc(C)cc2)no1. The van der Waals surface area contributed by atoms with Crippen LogP contribution >= 0.6 is 0 Å². The molecule has 158 valence electrons. The maximum atomic E-state index is 13.0. The lowest BCUT2D eigenvalue weighted by atomic mass is 10.1. The summed E-state index contributed by atoms with van der Waals surface area (Å²) in [5.74, 6) is 1.46. The molecule has 0 aliphatic carbocycles. The molecule has 4 aromatic rings. The first-order valence-corrected chi connectivity index (χ1v) is 10.3. The van der Waals surface area contributed by atoms with E-state index in [9.17, 15) is 4.79 Å². The Morgan fingerprint density at radius 3 is 2.58 bits per heavy atom. The van der Waals surface area contributed by atoms with Crippen molar-refractivity contribution < 1.29 is 14.1 Å². The zero-order valence-electron chi connectivity index (χ0n) is 17.9. The smallest absolute Gasteiger partial charge is 0.263 e. The van der Waals surface area contributed by atoms with E-state index in [1.54, 1.807) is 11.9 Å². The number of carbonyl (C=O) groups is 1. The summed E-state index contributed by atoms with van der Waals surface area (Å²) in [7, 11) is 1.72. The standard InChI is InChI=1S/C25H25N3O3/c1-4-21(30-22-11-7-9-18-8-5-6-10-20(18)22)25(29)28(3)16-23-26-24(27-31-23)19-14-12-17(2)13-15-19/h5-15,21H,4,16H2,1-3H3/t21-/m0/s1. The summed E-state index contributed by atoms with van der Waals surface area (Å²) in [5, 5.41) is 6.10. The van der Waals surface area contributed by atoms with Crippen LogP contribution in [-0.4, -0.2) is 34.1 Å². The van der Waals surface area contributed by atoms with Gasteiger partial charge in [-0.2, -0.15) is 4.98 Å². The Bertz CT molecular complexity index is 1180. The average molecular weight is 415 g/mol. The van der Waals surface area contributed by atoms with E-state index < -0.39 is 6.10 Å². The molecule has 4 rings (SSSR count). The number of rotatable bonds is 7. The fraction of sp³-hybridized carbons (Fsp3) is 0.240. The monoisotopic (exact) mass is 415 g/mol. The quantitative estimate of drug-likeness (QED) is 0.424. The van der Waals surface area contributed by atoms with E-state index in [2.05, 4.69) is 10.1 Å². The van der Waals surface area contributed by atoms with E-state index in [0.29, 0.717) is 23.9 Å². The summed E-state index contributed by atoms with van der Waals surface area (Å²) >= 11 is 0. The fourth-order valence-electron chi connectivity index (χ4n) is 3.43. The Labute approximate surface area is 181 Å². The van der Waals surface area contributed by atoms with Crippen LogP contribution in [0.4, 0.5) is 0 Å². The molecular formula is C25H25N3O3. The van der Waals surface area contributed by atoms with Crippen LogP contribution in [0, 0.1) is 6.92 Å². The van der Waals surface area contributed by atoms with E-state index in [1.165, 1.54) is 0 Å². The highest BCUT2D eigenvalue weighted by atomic mass is 16.5. The summed E-state index contributed by atoms with van der Waals surface area (Å²) in [6.07, 6.45) is -0.0551. The van der Waals surface area contributed by atoms with E-state index in [-0.39, 0.29) is 12.5 Å². The molecule has 0 spiro atoms. The number of benzene rings is 3. The van der Waals surface area contributed by atoms with Crippen molar-refractivity contribution in [2.24, 2.45) is 0 Å². The molecule has 0 aliphatic rings. The Morgan fingerprint density at radius 2 is 1.81 bits per heavy atom. The van der Waals surface area contributed by atoms with Crippen molar-refractivity contribution in [1.82, 2.24) is 15.0 Å². The number of nitrogens with zero attached hydrogens (tertiary/aromatic N) is 3. The van der Waals surface area contributed by atoms with Crippen LogP contribution in [0.5, 0.6) is 5.75 Å². The highest BCUT2D eigenvalue weighted by Gasteiger charge is 2.24. The molecule has 0 saturated heterocycles. The maximum Gasteiger partial charge on any atom is 0.263 e. The first-order chi connectivity index (χ1) is 15.0. The minimum atomic E-state index is -0.602. The molecule has 0 aliphatic heterocycles. The summed E-state index contributed by atoms with van der Waals surface area (Å²) < 4.78 is 11.5. The van der Waals surface area contributed by atoms with Gasteiger partial charge in [-0.3, -0.25) is 4.79 Å². The number of aryl methyl sites for hydroxylation is 1. The van der Waals surface area contributed by atoms with Crippen LogP contribution in [0.1, 0.15) is 24.8 Å². The predicted molar refractivity (Wildman–Crippen MR) is 120 cm³/mol. The van der Waals surface area contributed by atoms with Crippen LogP contribution in [0.25, 0.3) is 22.2 Å². The van der Waals surface area contributed by atoms with Crippen molar-refractivity contribution in [3.63, 3.8) is 0 Å². The first-order valence-electron chi connectivity index (χ1n) is 10.3. The maximum absolute atomic E-state index is 13.0. The molecule has 1 aromatic heterocycles. The number of carbonyl (C=O) groups excluding carboxylic acids is 1. The summed E-state index contributed by atoms with van der Waals surface area (Å²) in [5.41, 5.74) is 2.04. The number of ether oxygens (including phenoxy) is 1. The van der Waals surface area contributed by atoms with E-state index in [1.807, 2.05) is 80.6 Å². The molecule has 0 fully saturated rings. The number of likely N-dealkylation sites (N-methyl/N-ethyl adjacent to an activating group) is 1. The van der Waals surface area contributed by atoms with Gasteiger partial charge in [0.15, 0.2) is 6.10 Å². The molecule has 0 unspecified atom stereocenters. The van der Waals surface area contributed by atoms with Gasteiger partial charge < -0.3 is 14.2 Å². The van der Waals surface area contributed by atoms with E-state index in [0.717, 1.165) is 21.9 Å². The molecule has 0 radical (unpaired) electrons. The number of fused-ring (bicyclic) bond motifs is 1.